The summed E-state index contributed by atoms with van der Waals surface area (Å²) in [4.78, 5) is 22.7. The van der Waals surface area contributed by atoms with Crippen LogP contribution < -0.4 is 5.32 Å². The molecule has 14 heavy (non-hydrogen) atoms. The number of piperazine rings is 1. The molecule has 0 aliphatic carbocycles. The number of halogens is 3. The fourth-order valence-corrected chi connectivity index (χ4v) is 1.13. The van der Waals surface area contributed by atoms with Crippen molar-refractivity contribution >= 4 is 11.8 Å². The molecule has 1 rings (SSSR count). The lowest BCUT2D eigenvalue weighted by Gasteiger charge is -2.26. The average molecular weight is 210 g/mol. The minimum atomic E-state index is -4.51. The number of nitrogens with zero attached hydrogens (tertiary/aromatic N) is 1. The van der Waals surface area contributed by atoms with Gasteiger partial charge in [-0.25, -0.2) is 0 Å². The summed E-state index contributed by atoms with van der Waals surface area (Å²) >= 11 is 0. The van der Waals surface area contributed by atoms with Crippen molar-refractivity contribution in [3.63, 3.8) is 0 Å². The monoisotopic (exact) mass is 210 g/mol. The van der Waals surface area contributed by atoms with Gasteiger partial charge in [-0.2, -0.15) is 13.2 Å². The van der Waals surface area contributed by atoms with Crippen LogP contribution in [-0.4, -0.2) is 42.5 Å². The molecule has 0 aromatic heterocycles. The SMILES string of the molecule is O=C1CN(C(=O)CC(F)(F)F)CCN1. The maximum Gasteiger partial charge on any atom is 0.397 e. The smallest absolute Gasteiger partial charge is 0.353 e. The summed E-state index contributed by atoms with van der Waals surface area (Å²) in [5.74, 6) is -1.47. The van der Waals surface area contributed by atoms with Crippen molar-refractivity contribution < 1.29 is 22.8 Å². The molecule has 1 heterocycles. The number of nitrogens with one attached hydrogen (secondary N) is 1. The van der Waals surface area contributed by atoms with Crippen molar-refractivity contribution in [2.24, 2.45) is 0 Å². The first kappa shape index (κ1) is 10.8. The quantitative estimate of drug-likeness (QED) is 0.656. The van der Waals surface area contributed by atoms with Gasteiger partial charge in [-0.1, -0.05) is 0 Å². The Kier molecular flexibility index (Phi) is 2.97. The van der Waals surface area contributed by atoms with E-state index >= 15 is 0 Å². The van der Waals surface area contributed by atoms with Gasteiger partial charge in [0, 0.05) is 13.1 Å². The molecule has 4 nitrogen and oxygen atoms in total. The Hall–Kier alpha value is -1.27. The van der Waals surface area contributed by atoms with Gasteiger partial charge in [0.05, 0.1) is 6.54 Å². The van der Waals surface area contributed by atoms with Crippen LogP contribution in [0.1, 0.15) is 6.42 Å². The first-order valence-corrected chi connectivity index (χ1v) is 4.00. The van der Waals surface area contributed by atoms with E-state index in [9.17, 15) is 22.8 Å². The van der Waals surface area contributed by atoms with Crippen LogP contribution in [0, 0.1) is 0 Å². The van der Waals surface area contributed by atoms with Crippen LogP contribution in [0.2, 0.25) is 0 Å². The molecular formula is C7H9F3N2O2. The summed E-state index contributed by atoms with van der Waals surface area (Å²) in [5, 5.41) is 2.42. The van der Waals surface area contributed by atoms with Crippen LogP contribution in [-0.2, 0) is 9.59 Å². The molecule has 0 radical (unpaired) electrons. The van der Waals surface area contributed by atoms with Crippen LogP contribution >= 0.6 is 0 Å². The van der Waals surface area contributed by atoms with Crippen molar-refractivity contribution in [2.45, 2.75) is 12.6 Å². The lowest BCUT2D eigenvalue weighted by Crippen LogP contribution is -2.50. The highest BCUT2D eigenvalue weighted by atomic mass is 19.4. The van der Waals surface area contributed by atoms with Gasteiger partial charge in [0.25, 0.3) is 0 Å². The molecular weight excluding hydrogens is 201 g/mol. The lowest BCUT2D eigenvalue weighted by atomic mass is 10.3. The van der Waals surface area contributed by atoms with Crippen molar-refractivity contribution in [3.8, 4) is 0 Å². The number of alkyl halides is 3. The number of carbonyl (C=O) groups excluding carboxylic acids is 2. The second kappa shape index (κ2) is 3.85. The van der Waals surface area contributed by atoms with E-state index in [-0.39, 0.29) is 19.6 Å². The summed E-state index contributed by atoms with van der Waals surface area (Å²) in [6.07, 6.45) is -6.01. The predicted octanol–water partition coefficient (Wildman–Crippen LogP) is -0.103. The molecule has 0 saturated carbocycles. The largest absolute Gasteiger partial charge is 0.397 e. The standard InChI is InChI=1S/C7H9F3N2O2/c8-7(9,10)3-6(14)12-2-1-11-5(13)4-12/h1-4H2,(H,11,13). The molecule has 0 spiro atoms. The van der Waals surface area contributed by atoms with Crippen molar-refractivity contribution in [3.05, 3.63) is 0 Å². The summed E-state index contributed by atoms with van der Waals surface area (Å²) in [6, 6.07) is 0. The van der Waals surface area contributed by atoms with Crippen LogP contribution in [0.4, 0.5) is 13.2 Å². The zero-order chi connectivity index (χ0) is 10.8. The van der Waals surface area contributed by atoms with Gasteiger partial charge in [0.1, 0.15) is 6.42 Å². The van der Waals surface area contributed by atoms with E-state index in [1.165, 1.54) is 0 Å². The van der Waals surface area contributed by atoms with Gasteiger partial charge in [0.2, 0.25) is 11.8 Å². The van der Waals surface area contributed by atoms with Gasteiger partial charge in [-0.05, 0) is 0 Å². The van der Waals surface area contributed by atoms with Crippen molar-refractivity contribution in [1.29, 1.82) is 0 Å². The zero-order valence-electron chi connectivity index (χ0n) is 7.23. The molecule has 1 saturated heterocycles. The second-order valence-corrected chi connectivity index (χ2v) is 2.96. The van der Waals surface area contributed by atoms with E-state index < -0.39 is 24.4 Å². The molecule has 1 aliphatic heterocycles. The summed E-state index contributed by atoms with van der Waals surface area (Å²) in [7, 11) is 0. The zero-order valence-corrected chi connectivity index (χ0v) is 7.23. The Bertz CT molecular complexity index is 252. The molecule has 1 aliphatic rings. The highest BCUT2D eigenvalue weighted by molar-refractivity contribution is 5.86. The second-order valence-electron chi connectivity index (χ2n) is 2.96. The minimum absolute atomic E-state index is 0.140. The maximum absolute atomic E-state index is 11.8. The highest BCUT2D eigenvalue weighted by Gasteiger charge is 2.34. The third kappa shape index (κ3) is 3.23. The summed E-state index contributed by atoms with van der Waals surface area (Å²) in [6.45, 7) is 0.0675. The number of hydrogen-bond donors (Lipinski definition) is 1. The molecule has 2 amide bonds. The normalized spacial score (nSPS) is 17.9. The van der Waals surface area contributed by atoms with E-state index in [0.29, 0.717) is 0 Å². The third-order valence-electron chi connectivity index (χ3n) is 1.74. The number of hydrogen-bond acceptors (Lipinski definition) is 2. The lowest BCUT2D eigenvalue weighted by molar-refractivity contribution is -0.163. The van der Waals surface area contributed by atoms with Crippen LogP contribution in [0.25, 0.3) is 0 Å². The number of rotatable bonds is 1. The van der Waals surface area contributed by atoms with E-state index in [4.69, 9.17) is 0 Å². The molecule has 80 valence electrons. The highest BCUT2D eigenvalue weighted by Crippen LogP contribution is 2.20. The van der Waals surface area contributed by atoms with Gasteiger partial charge in [-0.15, -0.1) is 0 Å². The predicted molar refractivity (Wildman–Crippen MR) is 40.3 cm³/mol. The Morgan fingerprint density at radius 2 is 2.14 bits per heavy atom. The number of amides is 2. The average Bonchev–Trinajstić information content (AvgIpc) is 2.01. The van der Waals surface area contributed by atoms with Gasteiger partial charge >= 0.3 is 6.18 Å². The molecule has 0 aromatic rings. The topological polar surface area (TPSA) is 49.4 Å². The maximum atomic E-state index is 11.8. The molecule has 0 aromatic carbocycles. The molecule has 0 atom stereocenters. The molecule has 0 bridgehead atoms. The Labute approximate surface area is 78.1 Å². The van der Waals surface area contributed by atoms with E-state index in [2.05, 4.69) is 5.32 Å². The van der Waals surface area contributed by atoms with Gasteiger partial charge in [0.15, 0.2) is 0 Å². The van der Waals surface area contributed by atoms with Gasteiger partial charge < -0.3 is 10.2 Å². The first-order valence-electron chi connectivity index (χ1n) is 4.00. The third-order valence-corrected chi connectivity index (χ3v) is 1.74. The van der Waals surface area contributed by atoms with Crippen molar-refractivity contribution in [2.75, 3.05) is 19.6 Å². The van der Waals surface area contributed by atoms with Crippen LogP contribution in [0.5, 0.6) is 0 Å². The molecule has 1 fully saturated rings. The molecule has 1 N–H and O–H groups in total. The minimum Gasteiger partial charge on any atom is -0.353 e. The van der Waals surface area contributed by atoms with Crippen LogP contribution in [0.3, 0.4) is 0 Å². The van der Waals surface area contributed by atoms with E-state index in [0.717, 1.165) is 4.90 Å². The Morgan fingerprint density at radius 1 is 1.50 bits per heavy atom. The molecule has 0 unspecified atom stereocenters. The summed E-state index contributed by atoms with van der Waals surface area (Å²) in [5.41, 5.74) is 0. The summed E-state index contributed by atoms with van der Waals surface area (Å²) < 4.78 is 35.4. The Balaban J connectivity index is 2.48. The van der Waals surface area contributed by atoms with E-state index in [1.807, 2.05) is 0 Å². The fourth-order valence-electron chi connectivity index (χ4n) is 1.13. The fraction of sp³-hybridized carbons (Fsp3) is 0.714. The van der Waals surface area contributed by atoms with Crippen LogP contribution in [0.15, 0.2) is 0 Å². The van der Waals surface area contributed by atoms with Crippen molar-refractivity contribution in [1.82, 2.24) is 10.2 Å². The Morgan fingerprint density at radius 3 is 2.64 bits per heavy atom. The van der Waals surface area contributed by atoms with Gasteiger partial charge in [-0.3, -0.25) is 9.59 Å². The first-order chi connectivity index (χ1) is 6.38. The number of carbonyl (C=O) groups is 2. The van der Waals surface area contributed by atoms with E-state index in [1.54, 1.807) is 0 Å². The molecule has 7 heteroatoms.